The second kappa shape index (κ2) is 7.02. The Morgan fingerprint density at radius 3 is 2.84 bits per heavy atom. The molecule has 1 aliphatic carbocycles. The predicted octanol–water partition coefficient (Wildman–Crippen LogP) is 1.44. The van der Waals surface area contributed by atoms with E-state index in [9.17, 15) is 14.4 Å². The van der Waals surface area contributed by atoms with Crippen LogP contribution < -0.4 is 16.2 Å². The van der Waals surface area contributed by atoms with Gasteiger partial charge in [-0.25, -0.2) is 0 Å². The molecule has 1 aromatic rings. The van der Waals surface area contributed by atoms with Crippen LogP contribution in [0, 0.1) is 17.8 Å². The maximum Gasteiger partial charge on any atom is 0.263 e. The van der Waals surface area contributed by atoms with Gasteiger partial charge < -0.3 is 15.2 Å². The van der Waals surface area contributed by atoms with E-state index in [2.05, 4.69) is 24.5 Å². The molecule has 0 radical (unpaired) electrons. The fraction of sp³-hybridized carbons (Fsp3) is 0.632. The number of carbonyl (C=O) groups excluding carboxylic acids is 2. The van der Waals surface area contributed by atoms with Gasteiger partial charge >= 0.3 is 0 Å². The standard InChI is InChI=1S/C19H27N3O3/c1-4-13-11(2)14-8-7-12(10-16(14)21-17(13)23)20-18(24)15-6-5-9-22(3)19(15)25/h5-6,9,11-14,16H,4,7-8,10H2,1-3H3,(H,20,24)(H,21,23). The van der Waals surface area contributed by atoms with E-state index in [0.29, 0.717) is 11.8 Å². The van der Waals surface area contributed by atoms with Crippen LogP contribution >= 0.6 is 0 Å². The number of aromatic nitrogens is 1. The summed E-state index contributed by atoms with van der Waals surface area (Å²) in [6.07, 6.45) is 5.11. The first-order valence-electron chi connectivity index (χ1n) is 9.19. The SMILES string of the molecule is CCC1C(=O)NC2CC(NC(=O)c3cccn(C)c3=O)CCC2C1C. The minimum atomic E-state index is -0.328. The number of fused-ring (bicyclic) bond motifs is 1. The van der Waals surface area contributed by atoms with E-state index in [1.165, 1.54) is 4.57 Å². The number of amides is 2. The van der Waals surface area contributed by atoms with E-state index in [-0.39, 0.29) is 40.9 Å². The molecule has 6 nitrogen and oxygen atoms in total. The number of nitrogens with zero attached hydrogens (tertiary/aromatic N) is 1. The number of pyridine rings is 1. The van der Waals surface area contributed by atoms with E-state index in [1.54, 1.807) is 25.4 Å². The quantitative estimate of drug-likeness (QED) is 0.870. The summed E-state index contributed by atoms with van der Waals surface area (Å²) in [6, 6.07) is 3.35. The topological polar surface area (TPSA) is 80.2 Å². The number of piperidine rings is 1. The maximum atomic E-state index is 12.5. The molecule has 6 heteroatoms. The second-order valence-corrected chi connectivity index (χ2v) is 7.47. The third kappa shape index (κ3) is 3.34. The van der Waals surface area contributed by atoms with Crippen molar-refractivity contribution < 1.29 is 9.59 Å². The molecular weight excluding hydrogens is 318 g/mol. The predicted molar refractivity (Wildman–Crippen MR) is 95.2 cm³/mol. The molecule has 0 bridgehead atoms. The highest BCUT2D eigenvalue weighted by atomic mass is 16.2. The summed E-state index contributed by atoms with van der Waals surface area (Å²) in [5.41, 5.74) is -0.127. The van der Waals surface area contributed by atoms with Crippen molar-refractivity contribution in [3.63, 3.8) is 0 Å². The molecule has 0 spiro atoms. The molecule has 1 aliphatic heterocycles. The third-order valence-corrected chi connectivity index (χ3v) is 6.02. The Morgan fingerprint density at radius 2 is 2.12 bits per heavy atom. The molecule has 1 aromatic heterocycles. The highest BCUT2D eigenvalue weighted by Gasteiger charge is 2.43. The van der Waals surface area contributed by atoms with E-state index < -0.39 is 0 Å². The summed E-state index contributed by atoms with van der Waals surface area (Å²) in [5, 5.41) is 6.14. The molecule has 5 atom stereocenters. The molecule has 1 saturated carbocycles. The zero-order chi connectivity index (χ0) is 18.1. The van der Waals surface area contributed by atoms with Gasteiger partial charge in [0.1, 0.15) is 5.56 Å². The normalized spacial score (nSPS) is 31.8. The molecule has 1 saturated heterocycles. The van der Waals surface area contributed by atoms with Crippen LogP contribution in [0.2, 0.25) is 0 Å². The Kier molecular flexibility index (Phi) is 4.97. The molecule has 2 amide bonds. The van der Waals surface area contributed by atoms with Crippen LogP contribution in [-0.2, 0) is 11.8 Å². The Morgan fingerprint density at radius 1 is 1.36 bits per heavy atom. The fourth-order valence-electron chi connectivity index (χ4n) is 4.54. The lowest BCUT2D eigenvalue weighted by molar-refractivity contribution is -0.133. The van der Waals surface area contributed by atoms with Gasteiger partial charge in [0.25, 0.3) is 11.5 Å². The summed E-state index contributed by atoms with van der Waals surface area (Å²) in [4.78, 5) is 36.8. The van der Waals surface area contributed by atoms with E-state index >= 15 is 0 Å². The Bertz CT molecular complexity index is 727. The molecule has 2 fully saturated rings. The Balaban J connectivity index is 1.67. The highest BCUT2D eigenvalue weighted by molar-refractivity contribution is 5.94. The van der Waals surface area contributed by atoms with Crippen molar-refractivity contribution in [1.82, 2.24) is 15.2 Å². The Labute approximate surface area is 148 Å². The van der Waals surface area contributed by atoms with E-state index in [0.717, 1.165) is 25.7 Å². The van der Waals surface area contributed by atoms with Crippen molar-refractivity contribution >= 4 is 11.8 Å². The van der Waals surface area contributed by atoms with Crippen LogP contribution in [0.15, 0.2) is 23.1 Å². The van der Waals surface area contributed by atoms with Gasteiger partial charge in [0, 0.05) is 31.2 Å². The summed E-state index contributed by atoms with van der Waals surface area (Å²) >= 11 is 0. The molecular formula is C19H27N3O3. The van der Waals surface area contributed by atoms with Gasteiger partial charge in [0.2, 0.25) is 5.91 Å². The summed E-state index contributed by atoms with van der Waals surface area (Å²) in [7, 11) is 1.63. The van der Waals surface area contributed by atoms with Crippen LogP contribution in [0.3, 0.4) is 0 Å². The van der Waals surface area contributed by atoms with Crippen molar-refractivity contribution in [1.29, 1.82) is 0 Å². The average molecular weight is 345 g/mol. The number of rotatable bonds is 3. The van der Waals surface area contributed by atoms with E-state index in [4.69, 9.17) is 0 Å². The van der Waals surface area contributed by atoms with Crippen LogP contribution in [-0.4, -0.2) is 28.5 Å². The molecule has 0 aromatic carbocycles. The fourth-order valence-corrected chi connectivity index (χ4v) is 4.54. The highest BCUT2D eigenvalue weighted by Crippen LogP contribution is 2.38. The zero-order valence-corrected chi connectivity index (χ0v) is 15.1. The lowest BCUT2D eigenvalue weighted by Gasteiger charge is -2.46. The van der Waals surface area contributed by atoms with Crippen LogP contribution in [0.1, 0.15) is 49.9 Å². The second-order valence-electron chi connectivity index (χ2n) is 7.47. The molecule has 3 rings (SSSR count). The lowest BCUT2D eigenvalue weighted by atomic mass is 9.67. The smallest absolute Gasteiger partial charge is 0.263 e. The monoisotopic (exact) mass is 345 g/mol. The van der Waals surface area contributed by atoms with Gasteiger partial charge in [0.15, 0.2) is 0 Å². The first-order chi connectivity index (χ1) is 11.9. The minimum Gasteiger partial charge on any atom is -0.353 e. The average Bonchev–Trinajstić information content (AvgIpc) is 2.57. The van der Waals surface area contributed by atoms with Crippen LogP contribution in [0.25, 0.3) is 0 Å². The summed E-state index contributed by atoms with van der Waals surface area (Å²) in [5.74, 6) is 0.758. The molecule has 5 unspecified atom stereocenters. The summed E-state index contributed by atoms with van der Waals surface area (Å²) < 4.78 is 1.40. The van der Waals surface area contributed by atoms with Crippen LogP contribution in [0.5, 0.6) is 0 Å². The van der Waals surface area contributed by atoms with E-state index in [1.807, 2.05) is 0 Å². The van der Waals surface area contributed by atoms with Gasteiger partial charge in [-0.2, -0.15) is 0 Å². The van der Waals surface area contributed by atoms with Gasteiger partial charge in [-0.1, -0.05) is 13.8 Å². The van der Waals surface area contributed by atoms with Crippen molar-refractivity contribution in [2.75, 3.05) is 0 Å². The van der Waals surface area contributed by atoms with Crippen molar-refractivity contribution in [2.24, 2.45) is 24.8 Å². The minimum absolute atomic E-state index is 0.00987. The first-order valence-corrected chi connectivity index (χ1v) is 9.19. The number of aryl methyl sites for hydroxylation is 1. The van der Waals surface area contributed by atoms with Gasteiger partial charge in [-0.15, -0.1) is 0 Å². The first kappa shape index (κ1) is 17.7. The number of carbonyl (C=O) groups is 2. The van der Waals surface area contributed by atoms with Gasteiger partial charge in [0.05, 0.1) is 0 Å². The molecule has 25 heavy (non-hydrogen) atoms. The maximum absolute atomic E-state index is 12.5. The largest absolute Gasteiger partial charge is 0.353 e. The number of nitrogens with one attached hydrogen (secondary N) is 2. The Hall–Kier alpha value is -2.11. The van der Waals surface area contributed by atoms with Gasteiger partial charge in [-0.05, 0) is 49.7 Å². The molecule has 2 aliphatic rings. The zero-order valence-electron chi connectivity index (χ0n) is 15.1. The number of hydrogen-bond acceptors (Lipinski definition) is 3. The van der Waals surface area contributed by atoms with Gasteiger partial charge in [-0.3, -0.25) is 14.4 Å². The molecule has 2 heterocycles. The molecule has 136 valence electrons. The van der Waals surface area contributed by atoms with Crippen LogP contribution in [0.4, 0.5) is 0 Å². The van der Waals surface area contributed by atoms with Crippen molar-refractivity contribution in [2.45, 2.75) is 51.6 Å². The lowest BCUT2D eigenvalue weighted by Crippen LogP contribution is -2.58. The number of hydrogen-bond donors (Lipinski definition) is 2. The van der Waals surface area contributed by atoms with Crippen molar-refractivity contribution in [3.05, 3.63) is 34.2 Å². The van der Waals surface area contributed by atoms with Crippen molar-refractivity contribution in [3.8, 4) is 0 Å². The molecule has 2 N–H and O–H groups in total. The summed E-state index contributed by atoms with van der Waals surface area (Å²) in [6.45, 7) is 4.24. The third-order valence-electron chi connectivity index (χ3n) is 6.02.